The van der Waals surface area contributed by atoms with Gasteiger partial charge in [0.25, 0.3) is 0 Å². The second kappa shape index (κ2) is 14.3. The molecule has 10 heteroatoms. The highest BCUT2D eigenvalue weighted by molar-refractivity contribution is 5.99. The Kier molecular flexibility index (Phi) is 10.8. The van der Waals surface area contributed by atoms with E-state index in [0.29, 0.717) is 41.7 Å². The number of allylic oxidation sites excluding steroid dienone is 2. The molecule has 0 aromatic heterocycles. The predicted octanol–water partition coefficient (Wildman–Crippen LogP) is 4.95. The van der Waals surface area contributed by atoms with Gasteiger partial charge >= 0.3 is 17.9 Å². The standard InChI is InChI=1S/C30H34FNO8/c1-18(9-15-25(34)35)8-14-22-28(38-3)19(2)23-17-39-30(37)27(23)29(22)40-26(36)7-5-4-6-24(33)32-16-20-10-12-21(31)13-11-20/h8,10-13H,4-7,9,14-17H2,1-3H3,(H,32,33)(H,34,35). The molecule has 0 spiro atoms. The fourth-order valence-electron chi connectivity index (χ4n) is 4.42. The first-order chi connectivity index (χ1) is 19.1. The maximum Gasteiger partial charge on any atom is 0.342 e. The van der Waals surface area contributed by atoms with Crippen molar-refractivity contribution < 1.29 is 42.9 Å². The van der Waals surface area contributed by atoms with Crippen LogP contribution in [0, 0.1) is 12.7 Å². The molecule has 40 heavy (non-hydrogen) atoms. The van der Waals surface area contributed by atoms with Crippen molar-refractivity contribution >= 4 is 23.8 Å². The van der Waals surface area contributed by atoms with Crippen molar-refractivity contribution in [2.24, 2.45) is 0 Å². The van der Waals surface area contributed by atoms with Gasteiger partial charge in [0.1, 0.15) is 23.7 Å². The predicted molar refractivity (Wildman–Crippen MR) is 144 cm³/mol. The number of esters is 2. The number of rotatable bonds is 14. The smallest absolute Gasteiger partial charge is 0.342 e. The van der Waals surface area contributed by atoms with Crippen LogP contribution in [0.4, 0.5) is 4.39 Å². The lowest BCUT2D eigenvalue weighted by molar-refractivity contribution is -0.137. The SMILES string of the molecule is COc1c(C)c2c(c(OC(=O)CCCCC(=O)NCc3ccc(F)cc3)c1CC=C(C)CCC(=O)O)C(=O)OC2. The number of unbranched alkanes of at least 4 members (excludes halogenated alkanes) is 1. The van der Waals surface area contributed by atoms with E-state index in [0.717, 1.165) is 11.1 Å². The maximum absolute atomic E-state index is 13.0. The summed E-state index contributed by atoms with van der Waals surface area (Å²) in [5, 5.41) is 11.7. The third kappa shape index (κ3) is 8.14. The van der Waals surface area contributed by atoms with E-state index in [2.05, 4.69) is 5.32 Å². The van der Waals surface area contributed by atoms with Gasteiger partial charge in [0, 0.05) is 36.9 Å². The van der Waals surface area contributed by atoms with Crippen molar-refractivity contribution in [1.82, 2.24) is 5.32 Å². The van der Waals surface area contributed by atoms with Crippen molar-refractivity contribution in [2.45, 2.75) is 71.9 Å². The quantitative estimate of drug-likeness (QED) is 0.145. The number of carboxylic acids is 1. The fraction of sp³-hybridized carbons (Fsp3) is 0.400. The molecule has 214 valence electrons. The molecule has 0 unspecified atom stereocenters. The molecular formula is C30H34FNO8. The molecule has 0 saturated heterocycles. The van der Waals surface area contributed by atoms with E-state index < -0.39 is 17.9 Å². The average molecular weight is 556 g/mol. The topological polar surface area (TPSA) is 128 Å². The summed E-state index contributed by atoms with van der Waals surface area (Å²) in [4.78, 5) is 48.5. The maximum atomic E-state index is 13.0. The number of aliphatic carboxylic acids is 1. The molecular weight excluding hydrogens is 521 g/mol. The summed E-state index contributed by atoms with van der Waals surface area (Å²) < 4.78 is 29.6. The number of methoxy groups -OCH3 is 1. The van der Waals surface area contributed by atoms with Gasteiger partial charge in [0.05, 0.1) is 7.11 Å². The van der Waals surface area contributed by atoms with Crippen LogP contribution < -0.4 is 14.8 Å². The van der Waals surface area contributed by atoms with E-state index in [-0.39, 0.29) is 61.9 Å². The number of hydrogen-bond donors (Lipinski definition) is 2. The third-order valence-corrected chi connectivity index (χ3v) is 6.67. The summed E-state index contributed by atoms with van der Waals surface area (Å²) in [6.45, 7) is 3.94. The number of carbonyl (C=O) groups excluding carboxylic acids is 3. The summed E-state index contributed by atoms with van der Waals surface area (Å²) in [6.07, 6.45) is 3.50. The summed E-state index contributed by atoms with van der Waals surface area (Å²) in [6, 6.07) is 5.85. The Morgan fingerprint density at radius 1 is 1.07 bits per heavy atom. The number of carboxylic acid groups (broad SMARTS) is 1. The minimum Gasteiger partial charge on any atom is -0.496 e. The zero-order valence-corrected chi connectivity index (χ0v) is 22.9. The van der Waals surface area contributed by atoms with E-state index >= 15 is 0 Å². The van der Waals surface area contributed by atoms with Crippen LogP contribution in [-0.2, 0) is 38.7 Å². The van der Waals surface area contributed by atoms with Gasteiger partial charge in [-0.2, -0.15) is 0 Å². The second-order valence-electron chi connectivity index (χ2n) is 9.63. The zero-order valence-electron chi connectivity index (χ0n) is 22.9. The fourth-order valence-corrected chi connectivity index (χ4v) is 4.42. The molecule has 0 atom stereocenters. The molecule has 0 radical (unpaired) electrons. The van der Waals surface area contributed by atoms with Gasteiger partial charge in [-0.25, -0.2) is 9.18 Å². The van der Waals surface area contributed by atoms with Crippen molar-refractivity contribution in [1.29, 1.82) is 0 Å². The Morgan fingerprint density at radius 3 is 2.45 bits per heavy atom. The van der Waals surface area contributed by atoms with Gasteiger partial charge in [-0.05, 0) is 62.8 Å². The molecule has 1 amide bonds. The number of nitrogens with one attached hydrogen (secondary N) is 1. The molecule has 0 bridgehead atoms. The van der Waals surface area contributed by atoms with E-state index in [1.165, 1.54) is 19.2 Å². The Morgan fingerprint density at radius 2 is 1.77 bits per heavy atom. The molecule has 1 aliphatic heterocycles. The molecule has 1 aliphatic rings. The van der Waals surface area contributed by atoms with Gasteiger partial charge in [-0.15, -0.1) is 0 Å². The lowest BCUT2D eigenvalue weighted by Crippen LogP contribution is -2.22. The van der Waals surface area contributed by atoms with E-state index in [4.69, 9.17) is 19.3 Å². The van der Waals surface area contributed by atoms with Crippen molar-refractivity contribution in [3.05, 3.63) is 69.5 Å². The van der Waals surface area contributed by atoms with Gasteiger partial charge in [-0.1, -0.05) is 23.8 Å². The lowest BCUT2D eigenvalue weighted by atomic mass is 9.94. The van der Waals surface area contributed by atoms with E-state index in [9.17, 15) is 23.6 Å². The Labute approximate surface area is 232 Å². The molecule has 2 aromatic rings. The molecule has 0 fully saturated rings. The number of amides is 1. The highest BCUT2D eigenvalue weighted by Gasteiger charge is 2.34. The van der Waals surface area contributed by atoms with Crippen molar-refractivity contribution in [2.75, 3.05) is 7.11 Å². The van der Waals surface area contributed by atoms with Crippen LogP contribution in [0.5, 0.6) is 11.5 Å². The second-order valence-corrected chi connectivity index (χ2v) is 9.63. The first-order valence-corrected chi connectivity index (χ1v) is 13.1. The Bertz CT molecular complexity index is 1300. The van der Waals surface area contributed by atoms with E-state index in [1.807, 2.05) is 13.0 Å². The van der Waals surface area contributed by atoms with Crippen LogP contribution in [0.15, 0.2) is 35.9 Å². The van der Waals surface area contributed by atoms with Crippen molar-refractivity contribution in [3.63, 3.8) is 0 Å². The average Bonchev–Trinajstić information content (AvgIpc) is 3.31. The molecule has 1 heterocycles. The molecule has 0 aliphatic carbocycles. The van der Waals surface area contributed by atoms with Crippen LogP contribution in [-0.4, -0.2) is 36.0 Å². The highest BCUT2D eigenvalue weighted by Crippen LogP contribution is 2.43. The van der Waals surface area contributed by atoms with E-state index in [1.54, 1.807) is 19.1 Å². The molecule has 2 aromatic carbocycles. The summed E-state index contributed by atoms with van der Waals surface area (Å²) in [5.74, 6) is -2.02. The summed E-state index contributed by atoms with van der Waals surface area (Å²) in [7, 11) is 1.49. The zero-order chi connectivity index (χ0) is 29.2. The Balaban J connectivity index is 1.65. The highest BCUT2D eigenvalue weighted by atomic mass is 19.1. The van der Waals surface area contributed by atoms with Gasteiger partial charge < -0.3 is 24.6 Å². The van der Waals surface area contributed by atoms with Crippen LogP contribution in [0.2, 0.25) is 0 Å². The molecule has 0 saturated carbocycles. The number of ether oxygens (including phenoxy) is 3. The third-order valence-electron chi connectivity index (χ3n) is 6.67. The normalized spacial score (nSPS) is 12.5. The van der Waals surface area contributed by atoms with Crippen LogP contribution in [0.25, 0.3) is 0 Å². The van der Waals surface area contributed by atoms with Gasteiger partial charge in [0.15, 0.2) is 5.75 Å². The summed E-state index contributed by atoms with van der Waals surface area (Å²) in [5.41, 5.74) is 3.61. The largest absolute Gasteiger partial charge is 0.496 e. The van der Waals surface area contributed by atoms with Crippen LogP contribution in [0.1, 0.15) is 78.1 Å². The summed E-state index contributed by atoms with van der Waals surface area (Å²) >= 11 is 0. The monoisotopic (exact) mass is 555 g/mol. The molecule has 2 N–H and O–H groups in total. The first kappa shape index (κ1) is 30.3. The minimum absolute atomic E-state index is 0.0128. The molecule has 3 rings (SSSR count). The number of cyclic esters (lactones) is 1. The number of benzene rings is 2. The number of hydrogen-bond acceptors (Lipinski definition) is 7. The number of fused-ring (bicyclic) bond motifs is 1. The molecule has 9 nitrogen and oxygen atoms in total. The minimum atomic E-state index is -0.901. The Hall–Kier alpha value is -4.21. The lowest BCUT2D eigenvalue weighted by Gasteiger charge is -2.19. The van der Waals surface area contributed by atoms with Crippen LogP contribution in [0.3, 0.4) is 0 Å². The van der Waals surface area contributed by atoms with Crippen molar-refractivity contribution in [3.8, 4) is 11.5 Å². The van der Waals surface area contributed by atoms with Gasteiger partial charge in [-0.3, -0.25) is 14.4 Å². The number of halogens is 1. The first-order valence-electron chi connectivity index (χ1n) is 13.1. The van der Waals surface area contributed by atoms with Crippen LogP contribution >= 0.6 is 0 Å². The van der Waals surface area contributed by atoms with Gasteiger partial charge in [0.2, 0.25) is 5.91 Å². The number of carbonyl (C=O) groups is 4.